The Balaban J connectivity index is 1.63. The van der Waals surface area contributed by atoms with Crippen LogP contribution in [0, 0.1) is 16.7 Å². The van der Waals surface area contributed by atoms with Crippen molar-refractivity contribution in [3.8, 4) is 0 Å². The molecule has 3 heteroatoms. The molecule has 4 aliphatic carbocycles. The maximum Gasteiger partial charge on any atom is 0.261 e. The first-order valence-electron chi connectivity index (χ1n) is 7.76. The average Bonchev–Trinajstić information content (AvgIpc) is 2.75. The van der Waals surface area contributed by atoms with Crippen LogP contribution in [0.1, 0.15) is 62.0 Å². The molecule has 0 unspecified atom stereocenters. The lowest BCUT2D eigenvalue weighted by atomic mass is 9.43. The SMILES string of the molecule is C[C@@]12CC3CC(NC(=O)c4cccs4)(C1)C[C@@](C)(C3)C2. The summed E-state index contributed by atoms with van der Waals surface area (Å²) in [6.45, 7) is 4.89. The first-order chi connectivity index (χ1) is 9.40. The first-order valence-corrected chi connectivity index (χ1v) is 8.64. The minimum Gasteiger partial charge on any atom is -0.346 e. The van der Waals surface area contributed by atoms with Crippen LogP contribution in [0.2, 0.25) is 0 Å². The minimum absolute atomic E-state index is 0.0734. The molecule has 5 rings (SSSR count). The second-order valence-electron chi connectivity index (χ2n) is 8.34. The Hall–Kier alpha value is -0.830. The molecule has 2 atom stereocenters. The third kappa shape index (κ3) is 1.93. The van der Waals surface area contributed by atoms with Gasteiger partial charge in [-0.05, 0) is 66.7 Å². The summed E-state index contributed by atoms with van der Waals surface area (Å²) in [7, 11) is 0. The first kappa shape index (κ1) is 12.9. The minimum atomic E-state index is 0.0734. The Morgan fingerprint density at radius 3 is 2.45 bits per heavy atom. The van der Waals surface area contributed by atoms with E-state index in [0.717, 1.165) is 10.8 Å². The zero-order valence-corrected chi connectivity index (χ0v) is 13.2. The van der Waals surface area contributed by atoms with Gasteiger partial charge in [-0.3, -0.25) is 4.79 Å². The molecule has 0 radical (unpaired) electrons. The van der Waals surface area contributed by atoms with Crippen LogP contribution in [-0.4, -0.2) is 11.4 Å². The third-order valence-electron chi connectivity index (χ3n) is 5.75. The molecule has 4 aliphatic rings. The lowest BCUT2D eigenvalue weighted by Crippen LogP contribution is -2.65. The van der Waals surface area contributed by atoms with Crippen molar-refractivity contribution in [2.45, 2.75) is 57.9 Å². The highest BCUT2D eigenvalue weighted by Gasteiger charge is 2.60. The van der Waals surface area contributed by atoms with E-state index in [2.05, 4.69) is 19.2 Å². The van der Waals surface area contributed by atoms with Crippen LogP contribution >= 0.6 is 11.3 Å². The van der Waals surface area contributed by atoms with Gasteiger partial charge in [0.15, 0.2) is 0 Å². The van der Waals surface area contributed by atoms with E-state index in [1.165, 1.54) is 38.5 Å². The Bertz CT molecular complexity index is 531. The lowest BCUT2D eigenvalue weighted by molar-refractivity contribution is -0.114. The van der Waals surface area contributed by atoms with Gasteiger partial charge in [0, 0.05) is 5.54 Å². The fraction of sp³-hybridized carbons (Fsp3) is 0.706. The maximum atomic E-state index is 12.5. The van der Waals surface area contributed by atoms with Crippen molar-refractivity contribution >= 4 is 17.2 Å². The molecular formula is C17H23NOS. The van der Waals surface area contributed by atoms with Crippen LogP contribution < -0.4 is 5.32 Å². The van der Waals surface area contributed by atoms with E-state index in [1.54, 1.807) is 11.3 Å². The van der Waals surface area contributed by atoms with Gasteiger partial charge in [-0.2, -0.15) is 0 Å². The van der Waals surface area contributed by atoms with Gasteiger partial charge in [-0.25, -0.2) is 0 Å². The smallest absolute Gasteiger partial charge is 0.261 e. The normalized spacial score (nSPS) is 45.6. The number of rotatable bonds is 2. The van der Waals surface area contributed by atoms with Crippen LogP contribution in [0.5, 0.6) is 0 Å². The summed E-state index contributed by atoms with van der Waals surface area (Å²) in [4.78, 5) is 13.4. The molecule has 1 amide bonds. The predicted molar refractivity (Wildman–Crippen MR) is 81.9 cm³/mol. The Morgan fingerprint density at radius 2 is 1.90 bits per heavy atom. The number of carbonyl (C=O) groups excluding carboxylic acids is 1. The molecule has 108 valence electrons. The van der Waals surface area contributed by atoms with E-state index in [1.807, 2.05) is 17.5 Å². The summed E-state index contributed by atoms with van der Waals surface area (Å²) in [6, 6.07) is 3.89. The van der Waals surface area contributed by atoms with Crippen LogP contribution in [0.4, 0.5) is 0 Å². The van der Waals surface area contributed by atoms with Crippen molar-refractivity contribution in [3.05, 3.63) is 22.4 Å². The van der Waals surface area contributed by atoms with E-state index in [0.29, 0.717) is 10.8 Å². The van der Waals surface area contributed by atoms with Gasteiger partial charge in [-0.1, -0.05) is 19.9 Å². The quantitative estimate of drug-likeness (QED) is 0.867. The van der Waals surface area contributed by atoms with E-state index in [4.69, 9.17) is 0 Å². The molecule has 1 N–H and O–H groups in total. The fourth-order valence-corrected chi connectivity index (χ4v) is 6.92. The second kappa shape index (κ2) is 3.88. The van der Waals surface area contributed by atoms with E-state index < -0.39 is 0 Å². The molecule has 0 spiro atoms. The number of carbonyl (C=O) groups is 1. The van der Waals surface area contributed by atoms with E-state index >= 15 is 0 Å². The molecule has 4 saturated carbocycles. The maximum absolute atomic E-state index is 12.5. The monoisotopic (exact) mass is 289 g/mol. The fourth-order valence-electron chi connectivity index (χ4n) is 6.30. The standard InChI is InChI=1S/C17H23NOS/c1-15-6-12-7-16(2,9-15)11-17(8-12,10-15)18-14(19)13-4-3-5-20-13/h3-5,12H,6-11H2,1-2H3,(H,18,19)/t12?,15-,16-,17?/m0/s1. The third-order valence-corrected chi connectivity index (χ3v) is 6.62. The molecule has 2 nitrogen and oxygen atoms in total. The number of hydrogen-bond donors (Lipinski definition) is 1. The Labute approximate surface area is 125 Å². The van der Waals surface area contributed by atoms with Gasteiger partial charge in [0.1, 0.15) is 0 Å². The Kier molecular flexibility index (Phi) is 2.50. The highest BCUT2D eigenvalue weighted by Crippen LogP contribution is 2.66. The van der Waals surface area contributed by atoms with Crippen molar-refractivity contribution in [2.75, 3.05) is 0 Å². The second-order valence-corrected chi connectivity index (χ2v) is 9.29. The highest BCUT2D eigenvalue weighted by atomic mass is 32.1. The molecule has 4 fully saturated rings. The Morgan fingerprint density at radius 1 is 1.20 bits per heavy atom. The van der Waals surface area contributed by atoms with Gasteiger partial charge in [0.2, 0.25) is 0 Å². The van der Waals surface area contributed by atoms with E-state index in [9.17, 15) is 4.79 Å². The molecular weight excluding hydrogens is 266 g/mol. The molecule has 1 aromatic rings. The topological polar surface area (TPSA) is 29.1 Å². The van der Waals surface area contributed by atoms with Gasteiger partial charge < -0.3 is 5.32 Å². The van der Waals surface area contributed by atoms with Crippen molar-refractivity contribution in [1.82, 2.24) is 5.32 Å². The van der Waals surface area contributed by atoms with Crippen molar-refractivity contribution in [1.29, 1.82) is 0 Å². The van der Waals surface area contributed by atoms with Crippen LogP contribution in [0.25, 0.3) is 0 Å². The van der Waals surface area contributed by atoms with Gasteiger partial charge in [-0.15, -0.1) is 11.3 Å². The summed E-state index contributed by atoms with van der Waals surface area (Å²) in [5, 5.41) is 5.43. The van der Waals surface area contributed by atoms with Crippen molar-refractivity contribution < 1.29 is 4.79 Å². The molecule has 0 saturated heterocycles. The summed E-state index contributed by atoms with van der Waals surface area (Å²) in [5.41, 5.74) is 0.984. The van der Waals surface area contributed by atoms with E-state index in [-0.39, 0.29) is 11.4 Å². The summed E-state index contributed by atoms with van der Waals surface area (Å²) in [6.07, 6.45) is 7.67. The number of hydrogen-bond acceptors (Lipinski definition) is 2. The molecule has 20 heavy (non-hydrogen) atoms. The predicted octanol–water partition coefficient (Wildman–Crippen LogP) is 4.23. The van der Waals surface area contributed by atoms with Crippen LogP contribution in [0.15, 0.2) is 17.5 Å². The molecule has 1 aromatic heterocycles. The van der Waals surface area contributed by atoms with Gasteiger partial charge >= 0.3 is 0 Å². The zero-order valence-electron chi connectivity index (χ0n) is 12.4. The van der Waals surface area contributed by atoms with Gasteiger partial charge in [0.25, 0.3) is 5.91 Å². The lowest BCUT2D eigenvalue weighted by Gasteiger charge is -2.65. The molecule has 0 aromatic carbocycles. The van der Waals surface area contributed by atoms with Crippen LogP contribution in [0.3, 0.4) is 0 Å². The number of nitrogens with one attached hydrogen (secondary N) is 1. The molecule has 0 aliphatic heterocycles. The number of thiophene rings is 1. The van der Waals surface area contributed by atoms with Gasteiger partial charge in [0.05, 0.1) is 4.88 Å². The largest absolute Gasteiger partial charge is 0.346 e. The zero-order chi connectivity index (χ0) is 14.0. The van der Waals surface area contributed by atoms with Crippen molar-refractivity contribution in [3.63, 3.8) is 0 Å². The summed E-state index contributed by atoms with van der Waals surface area (Å²) < 4.78 is 0. The highest BCUT2D eigenvalue weighted by molar-refractivity contribution is 7.12. The molecule has 4 bridgehead atoms. The average molecular weight is 289 g/mol. The van der Waals surface area contributed by atoms with Crippen LogP contribution in [-0.2, 0) is 0 Å². The summed E-state index contributed by atoms with van der Waals surface area (Å²) >= 11 is 1.55. The summed E-state index contributed by atoms with van der Waals surface area (Å²) in [5.74, 6) is 0.971. The number of amides is 1. The van der Waals surface area contributed by atoms with Crippen molar-refractivity contribution in [2.24, 2.45) is 16.7 Å². The molecule has 1 heterocycles.